The van der Waals surface area contributed by atoms with Crippen LogP contribution in [0.4, 0.5) is 0 Å². The fourth-order valence-corrected chi connectivity index (χ4v) is 3.66. The van der Waals surface area contributed by atoms with Crippen LogP contribution in [-0.4, -0.2) is 9.55 Å². The van der Waals surface area contributed by atoms with Crippen molar-refractivity contribution in [1.29, 1.82) is 0 Å². The highest BCUT2D eigenvalue weighted by molar-refractivity contribution is 5.82. The average molecular weight is 342 g/mol. The molecule has 2 heterocycles. The average Bonchev–Trinajstić information content (AvgIpc) is 3.01. The highest BCUT2D eigenvalue weighted by Gasteiger charge is 2.24. The lowest BCUT2D eigenvalue weighted by Gasteiger charge is -2.26. The first-order valence-electron chi connectivity index (χ1n) is 9.32. The van der Waals surface area contributed by atoms with Crippen LogP contribution in [0.5, 0.6) is 0 Å². The van der Waals surface area contributed by atoms with E-state index >= 15 is 0 Å². The maximum atomic E-state index is 4.78. The molecule has 2 nitrogen and oxygen atoms in total. The number of nitrogens with zero attached hydrogens (tertiary/aromatic N) is 2. The smallest absolute Gasteiger partial charge is 0.0705 e. The SMILES string of the molecule is CC(C)c1ccc2cc(C(C)(C)c3ccc4ccn(C)c4c3)cnc2c1. The summed E-state index contributed by atoms with van der Waals surface area (Å²) in [5.41, 5.74) is 6.14. The van der Waals surface area contributed by atoms with Gasteiger partial charge in [-0.3, -0.25) is 4.98 Å². The van der Waals surface area contributed by atoms with Gasteiger partial charge in [-0.15, -0.1) is 0 Å². The van der Waals surface area contributed by atoms with E-state index in [-0.39, 0.29) is 5.41 Å². The van der Waals surface area contributed by atoms with Gasteiger partial charge in [-0.05, 0) is 52.3 Å². The maximum Gasteiger partial charge on any atom is 0.0705 e. The largest absolute Gasteiger partial charge is 0.351 e. The first-order chi connectivity index (χ1) is 12.4. The minimum atomic E-state index is -0.101. The molecule has 0 spiro atoms. The zero-order valence-electron chi connectivity index (χ0n) is 16.2. The van der Waals surface area contributed by atoms with Crippen molar-refractivity contribution in [2.75, 3.05) is 0 Å². The van der Waals surface area contributed by atoms with Crippen molar-refractivity contribution in [2.24, 2.45) is 7.05 Å². The number of aromatic nitrogens is 2. The molecule has 0 bridgehead atoms. The van der Waals surface area contributed by atoms with E-state index in [4.69, 9.17) is 4.98 Å². The number of hydrogen-bond donors (Lipinski definition) is 0. The molecule has 132 valence electrons. The maximum absolute atomic E-state index is 4.78. The highest BCUT2D eigenvalue weighted by Crippen LogP contribution is 2.34. The third kappa shape index (κ3) is 2.70. The Labute approximate surface area is 155 Å². The molecule has 2 heteroatoms. The third-order valence-corrected chi connectivity index (χ3v) is 5.71. The van der Waals surface area contributed by atoms with Crippen LogP contribution in [0.25, 0.3) is 21.8 Å². The molecular weight excluding hydrogens is 316 g/mol. The zero-order chi connectivity index (χ0) is 18.5. The molecule has 26 heavy (non-hydrogen) atoms. The highest BCUT2D eigenvalue weighted by atomic mass is 14.9. The van der Waals surface area contributed by atoms with Crippen LogP contribution in [0, 0.1) is 0 Å². The minimum absolute atomic E-state index is 0.101. The van der Waals surface area contributed by atoms with Crippen LogP contribution in [0.1, 0.15) is 50.3 Å². The van der Waals surface area contributed by atoms with E-state index in [1.165, 1.54) is 33.0 Å². The van der Waals surface area contributed by atoms with Crippen molar-refractivity contribution in [3.05, 3.63) is 77.6 Å². The molecule has 0 aliphatic heterocycles. The molecule has 0 atom stereocenters. The van der Waals surface area contributed by atoms with Crippen LogP contribution in [-0.2, 0) is 12.5 Å². The first-order valence-corrected chi connectivity index (χ1v) is 9.32. The van der Waals surface area contributed by atoms with E-state index in [1.54, 1.807) is 0 Å². The number of rotatable bonds is 3. The van der Waals surface area contributed by atoms with Gasteiger partial charge in [0.15, 0.2) is 0 Å². The molecule has 4 rings (SSSR count). The predicted molar refractivity (Wildman–Crippen MR) is 111 cm³/mol. The molecular formula is C24H26N2. The van der Waals surface area contributed by atoms with Gasteiger partial charge in [-0.1, -0.05) is 52.0 Å². The lowest BCUT2D eigenvalue weighted by molar-refractivity contribution is 0.639. The van der Waals surface area contributed by atoms with Gasteiger partial charge in [0.2, 0.25) is 0 Å². The van der Waals surface area contributed by atoms with Crippen molar-refractivity contribution in [3.8, 4) is 0 Å². The van der Waals surface area contributed by atoms with Crippen LogP contribution in [0.2, 0.25) is 0 Å². The van der Waals surface area contributed by atoms with Gasteiger partial charge in [0.25, 0.3) is 0 Å². The molecule has 0 saturated carbocycles. The summed E-state index contributed by atoms with van der Waals surface area (Å²) >= 11 is 0. The minimum Gasteiger partial charge on any atom is -0.351 e. The third-order valence-electron chi connectivity index (χ3n) is 5.71. The van der Waals surface area contributed by atoms with E-state index in [0.29, 0.717) is 5.92 Å². The Hall–Kier alpha value is -2.61. The molecule has 0 N–H and O–H groups in total. The summed E-state index contributed by atoms with van der Waals surface area (Å²) in [4.78, 5) is 4.78. The van der Waals surface area contributed by atoms with Gasteiger partial charge in [-0.25, -0.2) is 0 Å². The Kier molecular flexibility index (Phi) is 3.87. The van der Waals surface area contributed by atoms with E-state index in [9.17, 15) is 0 Å². The summed E-state index contributed by atoms with van der Waals surface area (Å²) in [5.74, 6) is 0.523. The number of aryl methyl sites for hydroxylation is 1. The molecule has 0 saturated heterocycles. The molecule has 0 amide bonds. The van der Waals surface area contributed by atoms with E-state index < -0.39 is 0 Å². The monoisotopic (exact) mass is 342 g/mol. The van der Waals surface area contributed by atoms with Crippen molar-refractivity contribution >= 4 is 21.8 Å². The van der Waals surface area contributed by atoms with Crippen LogP contribution >= 0.6 is 0 Å². The van der Waals surface area contributed by atoms with Crippen molar-refractivity contribution in [1.82, 2.24) is 9.55 Å². The van der Waals surface area contributed by atoms with Crippen LogP contribution in [0.3, 0.4) is 0 Å². The summed E-state index contributed by atoms with van der Waals surface area (Å²) in [6.45, 7) is 9.00. The van der Waals surface area contributed by atoms with E-state index in [0.717, 1.165) is 5.52 Å². The van der Waals surface area contributed by atoms with Crippen molar-refractivity contribution in [2.45, 2.75) is 39.0 Å². The summed E-state index contributed by atoms with van der Waals surface area (Å²) in [7, 11) is 2.10. The topological polar surface area (TPSA) is 17.8 Å². The number of fused-ring (bicyclic) bond motifs is 2. The lowest BCUT2D eigenvalue weighted by Crippen LogP contribution is -2.19. The second kappa shape index (κ2) is 5.98. The second-order valence-corrected chi connectivity index (χ2v) is 8.16. The summed E-state index contributed by atoms with van der Waals surface area (Å²) in [5, 5.41) is 2.49. The predicted octanol–water partition coefficient (Wildman–Crippen LogP) is 6.18. The van der Waals surface area contributed by atoms with Crippen LogP contribution in [0.15, 0.2) is 60.9 Å². The molecule has 4 aromatic rings. The number of benzene rings is 2. The Morgan fingerprint density at radius 3 is 2.42 bits per heavy atom. The number of hydrogen-bond acceptors (Lipinski definition) is 1. The van der Waals surface area contributed by atoms with Crippen molar-refractivity contribution in [3.63, 3.8) is 0 Å². The van der Waals surface area contributed by atoms with Gasteiger partial charge in [0, 0.05) is 35.8 Å². The molecule has 0 aliphatic carbocycles. The summed E-state index contributed by atoms with van der Waals surface area (Å²) < 4.78 is 2.18. The van der Waals surface area contributed by atoms with E-state index in [2.05, 4.69) is 94.0 Å². The summed E-state index contributed by atoms with van der Waals surface area (Å²) in [6, 6.07) is 17.9. The first kappa shape index (κ1) is 16.8. The van der Waals surface area contributed by atoms with Gasteiger partial charge < -0.3 is 4.57 Å². The van der Waals surface area contributed by atoms with Gasteiger partial charge in [-0.2, -0.15) is 0 Å². The van der Waals surface area contributed by atoms with E-state index in [1.807, 2.05) is 6.20 Å². The Balaban J connectivity index is 1.80. The molecule has 0 fully saturated rings. The fraction of sp³-hybridized carbons (Fsp3) is 0.292. The second-order valence-electron chi connectivity index (χ2n) is 8.16. The zero-order valence-corrected chi connectivity index (χ0v) is 16.2. The van der Waals surface area contributed by atoms with Crippen LogP contribution < -0.4 is 0 Å². The summed E-state index contributed by atoms with van der Waals surface area (Å²) in [6.07, 6.45) is 4.16. The Bertz CT molecular complexity index is 1100. The van der Waals surface area contributed by atoms with Gasteiger partial charge >= 0.3 is 0 Å². The fourth-order valence-electron chi connectivity index (χ4n) is 3.66. The normalized spacial score (nSPS) is 12.4. The van der Waals surface area contributed by atoms with Gasteiger partial charge in [0.1, 0.15) is 0 Å². The van der Waals surface area contributed by atoms with Crippen molar-refractivity contribution < 1.29 is 0 Å². The molecule has 0 unspecified atom stereocenters. The quantitative estimate of drug-likeness (QED) is 0.435. The molecule has 0 aliphatic rings. The molecule has 2 aromatic carbocycles. The molecule has 2 aromatic heterocycles. The standard InChI is InChI=1S/C24H26N2/c1-16(2)18-6-7-19-12-21(15-25-22(19)13-18)24(3,4)20-9-8-17-10-11-26(5)23(17)14-20/h6-16H,1-5H3. The number of pyridine rings is 1. The van der Waals surface area contributed by atoms with Gasteiger partial charge in [0.05, 0.1) is 5.52 Å². The molecule has 0 radical (unpaired) electrons. The lowest BCUT2D eigenvalue weighted by atomic mass is 9.78. The Morgan fingerprint density at radius 1 is 0.885 bits per heavy atom. The Morgan fingerprint density at radius 2 is 1.65 bits per heavy atom.